The van der Waals surface area contributed by atoms with Crippen molar-refractivity contribution >= 4 is 16.8 Å². The quantitative estimate of drug-likeness (QED) is 0.755. The molecule has 1 aliphatic rings. The maximum atomic E-state index is 12.3. The van der Waals surface area contributed by atoms with Gasteiger partial charge < -0.3 is 9.42 Å². The lowest BCUT2D eigenvalue weighted by molar-refractivity contribution is 0.0749. The van der Waals surface area contributed by atoms with Crippen molar-refractivity contribution in [2.45, 2.75) is 13.3 Å². The van der Waals surface area contributed by atoms with Gasteiger partial charge in [0, 0.05) is 13.1 Å². The van der Waals surface area contributed by atoms with Crippen molar-refractivity contribution < 1.29 is 9.32 Å². The summed E-state index contributed by atoms with van der Waals surface area (Å²) in [6.07, 6.45) is 1.07. The molecular formula is C13H14N2O2. The minimum atomic E-state index is -0.0388. The molecule has 0 bridgehead atoms. The van der Waals surface area contributed by atoms with Crippen LogP contribution in [0.1, 0.15) is 23.9 Å². The Labute approximate surface area is 99.2 Å². The van der Waals surface area contributed by atoms with Crippen LogP contribution in [0.3, 0.4) is 0 Å². The van der Waals surface area contributed by atoms with Gasteiger partial charge in [0.05, 0.1) is 5.39 Å². The average Bonchev–Trinajstić information content (AvgIpc) is 2.94. The van der Waals surface area contributed by atoms with E-state index in [2.05, 4.69) is 12.1 Å². The maximum absolute atomic E-state index is 12.3. The lowest BCUT2D eigenvalue weighted by Crippen LogP contribution is -2.28. The van der Waals surface area contributed by atoms with Crippen molar-refractivity contribution in [3.63, 3.8) is 0 Å². The average molecular weight is 230 g/mol. The second-order valence-corrected chi connectivity index (χ2v) is 4.67. The monoisotopic (exact) mass is 230 g/mol. The van der Waals surface area contributed by atoms with Crippen LogP contribution < -0.4 is 0 Å². The third kappa shape index (κ3) is 1.69. The highest BCUT2D eigenvalue weighted by Gasteiger charge is 2.27. The summed E-state index contributed by atoms with van der Waals surface area (Å²) in [6, 6.07) is 7.50. The van der Waals surface area contributed by atoms with Crippen molar-refractivity contribution in [3.05, 3.63) is 30.0 Å². The molecule has 0 aliphatic carbocycles. The van der Waals surface area contributed by atoms with Gasteiger partial charge in [0.25, 0.3) is 5.91 Å². The fourth-order valence-electron chi connectivity index (χ4n) is 2.31. The van der Waals surface area contributed by atoms with E-state index in [0.717, 1.165) is 30.4 Å². The summed E-state index contributed by atoms with van der Waals surface area (Å²) in [4.78, 5) is 14.1. The molecule has 4 nitrogen and oxygen atoms in total. The van der Waals surface area contributed by atoms with E-state index >= 15 is 0 Å². The molecule has 2 aromatic rings. The molecule has 0 spiro atoms. The highest BCUT2D eigenvalue weighted by molar-refractivity contribution is 6.03. The van der Waals surface area contributed by atoms with E-state index in [-0.39, 0.29) is 5.91 Å². The lowest BCUT2D eigenvalue weighted by Gasteiger charge is -2.13. The van der Waals surface area contributed by atoms with E-state index in [1.165, 1.54) is 0 Å². The molecule has 1 amide bonds. The molecule has 1 fully saturated rings. The summed E-state index contributed by atoms with van der Waals surface area (Å²) in [7, 11) is 0. The van der Waals surface area contributed by atoms with Gasteiger partial charge in [0.2, 0.25) is 5.76 Å². The number of amides is 1. The van der Waals surface area contributed by atoms with Crippen LogP contribution in [0.4, 0.5) is 0 Å². The molecule has 1 atom stereocenters. The van der Waals surface area contributed by atoms with Crippen molar-refractivity contribution in [3.8, 4) is 0 Å². The zero-order valence-corrected chi connectivity index (χ0v) is 9.72. The van der Waals surface area contributed by atoms with Gasteiger partial charge in [-0.3, -0.25) is 4.79 Å². The first-order valence-corrected chi connectivity index (χ1v) is 5.89. The largest absolute Gasteiger partial charge is 0.350 e. The smallest absolute Gasteiger partial charge is 0.293 e. The van der Waals surface area contributed by atoms with Gasteiger partial charge in [-0.25, -0.2) is 0 Å². The van der Waals surface area contributed by atoms with Gasteiger partial charge in [0.15, 0.2) is 0 Å². The number of hydrogen-bond acceptors (Lipinski definition) is 3. The SMILES string of the molecule is C[C@H]1CCN(C(=O)c2onc3ccccc23)C1. The molecule has 17 heavy (non-hydrogen) atoms. The van der Waals surface area contributed by atoms with E-state index in [4.69, 9.17) is 4.52 Å². The van der Waals surface area contributed by atoms with Crippen molar-refractivity contribution in [1.29, 1.82) is 0 Å². The maximum Gasteiger partial charge on any atom is 0.293 e. The van der Waals surface area contributed by atoms with E-state index in [1.807, 2.05) is 29.2 Å². The Morgan fingerprint density at radius 1 is 1.47 bits per heavy atom. The summed E-state index contributed by atoms with van der Waals surface area (Å²) in [6.45, 7) is 3.79. The van der Waals surface area contributed by atoms with Crippen LogP contribution in [0.2, 0.25) is 0 Å². The molecule has 1 saturated heterocycles. The summed E-state index contributed by atoms with van der Waals surface area (Å²) in [5.74, 6) is 0.908. The standard InChI is InChI=1S/C13H14N2O2/c1-9-6-7-15(8-9)13(16)12-10-4-2-3-5-11(10)14-17-12/h2-5,9H,6-8H2,1H3/t9-/m0/s1. The molecule has 0 N–H and O–H groups in total. The molecular weight excluding hydrogens is 216 g/mol. The van der Waals surface area contributed by atoms with Crippen LogP contribution in [0.15, 0.2) is 28.8 Å². The summed E-state index contributed by atoms with van der Waals surface area (Å²) >= 11 is 0. The zero-order valence-electron chi connectivity index (χ0n) is 9.72. The molecule has 0 radical (unpaired) electrons. The fourth-order valence-corrected chi connectivity index (χ4v) is 2.31. The van der Waals surface area contributed by atoms with Crippen LogP contribution in [0.25, 0.3) is 10.9 Å². The number of aromatic nitrogens is 1. The Morgan fingerprint density at radius 2 is 2.29 bits per heavy atom. The summed E-state index contributed by atoms with van der Waals surface area (Å²) in [5.41, 5.74) is 0.739. The van der Waals surface area contributed by atoms with Crippen LogP contribution in [-0.4, -0.2) is 29.1 Å². The van der Waals surface area contributed by atoms with Gasteiger partial charge in [-0.2, -0.15) is 0 Å². The Kier molecular flexibility index (Phi) is 2.35. The number of carbonyl (C=O) groups is 1. The Bertz CT molecular complexity index is 561. The summed E-state index contributed by atoms with van der Waals surface area (Å²) < 4.78 is 5.18. The molecule has 3 rings (SSSR count). The van der Waals surface area contributed by atoms with Crippen LogP contribution in [0, 0.1) is 5.92 Å². The molecule has 0 saturated carbocycles. The Hall–Kier alpha value is -1.84. The predicted molar refractivity (Wildman–Crippen MR) is 63.7 cm³/mol. The van der Waals surface area contributed by atoms with Crippen LogP contribution in [0.5, 0.6) is 0 Å². The van der Waals surface area contributed by atoms with E-state index in [1.54, 1.807) is 0 Å². The van der Waals surface area contributed by atoms with E-state index in [0.29, 0.717) is 11.7 Å². The summed E-state index contributed by atoms with van der Waals surface area (Å²) in [5, 5.41) is 4.71. The Morgan fingerprint density at radius 3 is 3.06 bits per heavy atom. The third-order valence-corrected chi connectivity index (χ3v) is 3.29. The van der Waals surface area contributed by atoms with Gasteiger partial charge in [-0.05, 0) is 24.5 Å². The zero-order chi connectivity index (χ0) is 11.8. The second-order valence-electron chi connectivity index (χ2n) is 4.67. The highest BCUT2D eigenvalue weighted by atomic mass is 16.5. The minimum absolute atomic E-state index is 0.0388. The predicted octanol–water partition coefficient (Wildman–Crippen LogP) is 2.31. The van der Waals surface area contributed by atoms with Crippen molar-refractivity contribution in [2.24, 2.45) is 5.92 Å². The first-order chi connectivity index (χ1) is 8.25. The Balaban J connectivity index is 1.96. The van der Waals surface area contributed by atoms with Crippen LogP contribution >= 0.6 is 0 Å². The molecule has 1 aromatic heterocycles. The van der Waals surface area contributed by atoms with Gasteiger partial charge >= 0.3 is 0 Å². The number of rotatable bonds is 1. The first-order valence-electron chi connectivity index (χ1n) is 5.89. The first kappa shape index (κ1) is 10.3. The number of fused-ring (bicyclic) bond motifs is 1. The molecule has 0 unspecified atom stereocenters. The molecule has 1 aromatic carbocycles. The number of nitrogens with zero attached hydrogens (tertiary/aromatic N) is 2. The number of benzene rings is 1. The molecule has 88 valence electrons. The minimum Gasteiger partial charge on any atom is -0.350 e. The third-order valence-electron chi connectivity index (χ3n) is 3.29. The molecule has 4 heteroatoms. The van der Waals surface area contributed by atoms with Crippen LogP contribution in [-0.2, 0) is 0 Å². The topological polar surface area (TPSA) is 46.3 Å². The lowest BCUT2D eigenvalue weighted by atomic mass is 10.2. The van der Waals surface area contributed by atoms with Gasteiger partial charge in [0.1, 0.15) is 5.52 Å². The van der Waals surface area contributed by atoms with Gasteiger partial charge in [-0.1, -0.05) is 24.2 Å². The molecule has 2 heterocycles. The van der Waals surface area contributed by atoms with Crippen molar-refractivity contribution in [1.82, 2.24) is 10.1 Å². The van der Waals surface area contributed by atoms with E-state index < -0.39 is 0 Å². The fraction of sp³-hybridized carbons (Fsp3) is 0.385. The normalized spacial score (nSPS) is 20.1. The number of carbonyl (C=O) groups excluding carboxylic acids is 1. The van der Waals surface area contributed by atoms with Gasteiger partial charge in [-0.15, -0.1) is 0 Å². The number of hydrogen-bond donors (Lipinski definition) is 0. The second kappa shape index (κ2) is 3.87. The molecule has 1 aliphatic heterocycles. The highest BCUT2D eigenvalue weighted by Crippen LogP contribution is 2.23. The number of likely N-dealkylation sites (tertiary alicyclic amines) is 1. The van der Waals surface area contributed by atoms with Crippen molar-refractivity contribution in [2.75, 3.05) is 13.1 Å². The van der Waals surface area contributed by atoms with E-state index in [9.17, 15) is 4.79 Å².